The first kappa shape index (κ1) is 12.2. The zero-order chi connectivity index (χ0) is 6.62. The number of hydrogen-bond acceptors (Lipinski definition) is 0. The van der Waals surface area contributed by atoms with Crippen molar-refractivity contribution in [3.63, 3.8) is 0 Å². The van der Waals surface area contributed by atoms with Gasteiger partial charge in [0.1, 0.15) is 0 Å². The van der Waals surface area contributed by atoms with Gasteiger partial charge in [0, 0.05) is 4.87 Å². The van der Waals surface area contributed by atoms with E-state index in [9.17, 15) is 0 Å². The fourth-order valence-corrected chi connectivity index (χ4v) is 0.750. The molecular formula is C7H19ClSi. The Morgan fingerprint density at radius 2 is 1.22 bits per heavy atom. The zero-order valence-electron chi connectivity index (χ0n) is 6.00. The van der Waals surface area contributed by atoms with Crippen molar-refractivity contribution in [2.24, 2.45) is 0 Å². The van der Waals surface area contributed by atoms with Gasteiger partial charge in [-0.15, -0.1) is 11.6 Å². The molecule has 0 aromatic carbocycles. The van der Waals surface area contributed by atoms with Gasteiger partial charge in [-0.05, 0) is 30.2 Å². The standard InChI is InChI=1S/C7H15Cl.H4Si/c1-4-7(8,5-2)6-3;/h4-6H2,1-3H3;1H4. The molecule has 58 valence electrons. The first-order valence-corrected chi connectivity index (χ1v) is 3.75. The molecule has 2 heteroatoms. The minimum Gasteiger partial charge on any atom is -0.119 e. The molecule has 0 fully saturated rings. The topological polar surface area (TPSA) is 0 Å². The summed E-state index contributed by atoms with van der Waals surface area (Å²) < 4.78 is 0. The summed E-state index contributed by atoms with van der Waals surface area (Å²) in [5.41, 5.74) is 0. The van der Waals surface area contributed by atoms with Crippen molar-refractivity contribution < 1.29 is 0 Å². The van der Waals surface area contributed by atoms with Crippen molar-refractivity contribution >= 4 is 22.6 Å². The third-order valence-electron chi connectivity index (χ3n) is 1.90. The van der Waals surface area contributed by atoms with E-state index in [2.05, 4.69) is 20.8 Å². The molecule has 0 N–H and O–H groups in total. The molecule has 0 saturated heterocycles. The molecule has 0 aliphatic carbocycles. The Morgan fingerprint density at radius 3 is 1.22 bits per heavy atom. The summed E-state index contributed by atoms with van der Waals surface area (Å²) in [6, 6.07) is 0. The fraction of sp³-hybridized carbons (Fsp3) is 1.00. The zero-order valence-corrected chi connectivity index (χ0v) is 6.76. The minimum atomic E-state index is 0. The lowest BCUT2D eigenvalue weighted by molar-refractivity contribution is 0.519. The van der Waals surface area contributed by atoms with Gasteiger partial charge in [0.2, 0.25) is 0 Å². The average molecular weight is 167 g/mol. The Bertz CT molecular complexity index is 51.7. The predicted molar refractivity (Wildman–Crippen MR) is 50.8 cm³/mol. The minimum absolute atomic E-state index is 0. The van der Waals surface area contributed by atoms with Crippen LogP contribution in [0.25, 0.3) is 0 Å². The van der Waals surface area contributed by atoms with Crippen molar-refractivity contribution in [3.8, 4) is 0 Å². The van der Waals surface area contributed by atoms with Crippen molar-refractivity contribution in [2.45, 2.75) is 44.9 Å². The highest BCUT2D eigenvalue weighted by Crippen LogP contribution is 2.26. The van der Waals surface area contributed by atoms with Crippen LogP contribution >= 0.6 is 11.6 Å². The Labute approximate surface area is 68.0 Å². The van der Waals surface area contributed by atoms with E-state index in [1.54, 1.807) is 0 Å². The highest BCUT2D eigenvalue weighted by Gasteiger charge is 2.18. The Hall–Kier alpha value is 0.507. The first-order chi connectivity index (χ1) is 3.68. The predicted octanol–water partition coefficient (Wildman–Crippen LogP) is 1.74. The van der Waals surface area contributed by atoms with Crippen molar-refractivity contribution in [1.82, 2.24) is 0 Å². The van der Waals surface area contributed by atoms with Gasteiger partial charge in [-0.1, -0.05) is 20.8 Å². The van der Waals surface area contributed by atoms with E-state index < -0.39 is 0 Å². The van der Waals surface area contributed by atoms with E-state index in [4.69, 9.17) is 11.6 Å². The van der Waals surface area contributed by atoms with Crippen LogP contribution in [0.3, 0.4) is 0 Å². The van der Waals surface area contributed by atoms with Crippen LogP contribution in [-0.2, 0) is 0 Å². The molecule has 0 atom stereocenters. The molecule has 9 heavy (non-hydrogen) atoms. The summed E-state index contributed by atoms with van der Waals surface area (Å²) in [7, 11) is 0. The van der Waals surface area contributed by atoms with Crippen LogP contribution in [0.2, 0.25) is 0 Å². The number of halogens is 1. The van der Waals surface area contributed by atoms with E-state index in [1.165, 1.54) is 0 Å². The van der Waals surface area contributed by atoms with Gasteiger partial charge in [-0.3, -0.25) is 0 Å². The third kappa shape index (κ3) is 3.99. The molecule has 0 amide bonds. The van der Waals surface area contributed by atoms with Crippen LogP contribution in [0.5, 0.6) is 0 Å². The molecule has 0 rings (SSSR count). The highest BCUT2D eigenvalue weighted by molar-refractivity contribution is 6.23. The SMILES string of the molecule is CCC(Cl)(CC)CC.[SiH4]. The number of rotatable bonds is 3. The van der Waals surface area contributed by atoms with E-state index in [0.717, 1.165) is 19.3 Å². The number of hydrogen-bond donors (Lipinski definition) is 0. The largest absolute Gasteiger partial charge is 0.119 e. The molecule has 0 radical (unpaired) electrons. The Kier molecular flexibility index (Phi) is 7.19. The summed E-state index contributed by atoms with van der Waals surface area (Å²) in [6.45, 7) is 6.42. The van der Waals surface area contributed by atoms with Crippen LogP contribution < -0.4 is 0 Å². The van der Waals surface area contributed by atoms with Crippen LogP contribution in [-0.4, -0.2) is 15.8 Å². The maximum atomic E-state index is 6.09. The molecular weight excluding hydrogens is 148 g/mol. The van der Waals surface area contributed by atoms with Crippen molar-refractivity contribution in [3.05, 3.63) is 0 Å². The second-order valence-electron chi connectivity index (χ2n) is 2.21. The molecule has 0 aliphatic rings. The first-order valence-electron chi connectivity index (χ1n) is 3.37. The van der Waals surface area contributed by atoms with Gasteiger partial charge < -0.3 is 0 Å². The summed E-state index contributed by atoms with van der Waals surface area (Å²) in [5.74, 6) is 0. The molecule has 0 bridgehead atoms. The van der Waals surface area contributed by atoms with Gasteiger partial charge in [-0.2, -0.15) is 0 Å². The van der Waals surface area contributed by atoms with E-state index in [1.807, 2.05) is 0 Å². The lowest BCUT2D eigenvalue weighted by Crippen LogP contribution is -2.16. The molecule has 0 spiro atoms. The molecule has 0 aromatic rings. The van der Waals surface area contributed by atoms with Crippen LogP contribution in [0.1, 0.15) is 40.0 Å². The quantitative estimate of drug-likeness (QED) is 0.443. The van der Waals surface area contributed by atoms with Gasteiger partial charge in [0.25, 0.3) is 0 Å². The molecule has 0 aliphatic heterocycles. The van der Waals surface area contributed by atoms with Crippen molar-refractivity contribution in [2.75, 3.05) is 0 Å². The van der Waals surface area contributed by atoms with E-state index in [0.29, 0.717) is 0 Å². The lowest BCUT2D eigenvalue weighted by Gasteiger charge is -2.20. The molecule has 0 nitrogen and oxygen atoms in total. The molecule has 0 heterocycles. The molecule has 0 aromatic heterocycles. The summed E-state index contributed by atoms with van der Waals surface area (Å²) in [6.07, 6.45) is 3.25. The molecule has 0 saturated carbocycles. The smallest absolute Gasteiger partial charge is 0.0439 e. The Morgan fingerprint density at radius 1 is 1.00 bits per heavy atom. The van der Waals surface area contributed by atoms with Gasteiger partial charge in [-0.25, -0.2) is 0 Å². The van der Waals surface area contributed by atoms with Crippen LogP contribution in [0.15, 0.2) is 0 Å². The maximum absolute atomic E-state index is 6.09. The Balaban J connectivity index is 0. The number of alkyl halides is 1. The van der Waals surface area contributed by atoms with Crippen molar-refractivity contribution in [1.29, 1.82) is 0 Å². The fourth-order valence-electron chi connectivity index (χ4n) is 0.750. The van der Waals surface area contributed by atoms with Gasteiger partial charge in [0.15, 0.2) is 0 Å². The van der Waals surface area contributed by atoms with Gasteiger partial charge >= 0.3 is 0 Å². The molecule has 0 unspecified atom stereocenters. The highest BCUT2D eigenvalue weighted by atomic mass is 35.5. The second-order valence-corrected chi connectivity index (χ2v) is 3.01. The maximum Gasteiger partial charge on any atom is 0.0439 e. The normalized spacial score (nSPS) is 10.7. The van der Waals surface area contributed by atoms with Gasteiger partial charge in [0.05, 0.1) is 0 Å². The summed E-state index contributed by atoms with van der Waals surface area (Å²) in [4.78, 5) is 0.0972. The third-order valence-corrected chi connectivity index (χ3v) is 2.70. The van der Waals surface area contributed by atoms with Crippen LogP contribution in [0, 0.1) is 0 Å². The monoisotopic (exact) mass is 166 g/mol. The van der Waals surface area contributed by atoms with E-state index in [-0.39, 0.29) is 15.8 Å². The summed E-state index contributed by atoms with van der Waals surface area (Å²) >= 11 is 6.09. The van der Waals surface area contributed by atoms with E-state index >= 15 is 0 Å². The second kappa shape index (κ2) is 5.30. The van der Waals surface area contributed by atoms with Crippen LogP contribution in [0.4, 0.5) is 0 Å². The summed E-state index contributed by atoms with van der Waals surface area (Å²) in [5, 5.41) is 0. The lowest BCUT2D eigenvalue weighted by atomic mass is 10.00. The average Bonchev–Trinajstić information content (AvgIpc) is 1.87.